The van der Waals surface area contributed by atoms with E-state index >= 15 is 0 Å². The van der Waals surface area contributed by atoms with Crippen LogP contribution >= 0.6 is 11.6 Å². The second-order valence-corrected chi connectivity index (χ2v) is 7.50. The normalized spacial score (nSPS) is 13.8. The largest absolute Gasteiger partial charge is 0.478 e. The van der Waals surface area contributed by atoms with Gasteiger partial charge in [0.1, 0.15) is 5.69 Å². The maximum absolute atomic E-state index is 11.1. The number of carbonyl (C=O) groups is 1. The lowest BCUT2D eigenvalue weighted by atomic mass is 10.2. The average Bonchev–Trinajstić information content (AvgIpc) is 3.44. The fourth-order valence-electron chi connectivity index (χ4n) is 3.22. The molecule has 144 valence electrons. The maximum atomic E-state index is 11.1. The second kappa shape index (κ2) is 8.12. The lowest BCUT2D eigenvalue weighted by molar-refractivity contribution is 0.0697. The maximum Gasteiger partial charge on any atom is 0.335 e. The molecule has 0 amide bonds. The minimum absolute atomic E-state index is 0.211. The van der Waals surface area contributed by atoms with Gasteiger partial charge in [0, 0.05) is 43.1 Å². The topological polar surface area (TPSA) is 71.2 Å². The molecule has 1 fully saturated rings. The van der Waals surface area contributed by atoms with Gasteiger partial charge in [0.05, 0.1) is 17.6 Å². The number of rotatable bonds is 8. The van der Waals surface area contributed by atoms with Gasteiger partial charge in [-0.25, -0.2) is 9.78 Å². The SMILES string of the molecule is O=C(O)c1ccnc(-c2cn(CCN(Cc3ccc(Cl)cc3)C3CC3)cn2)c1. The van der Waals surface area contributed by atoms with E-state index < -0.39 is 5.97 Å². The van der Waals surface area contributed by atoms with Gasteiger partial charge in [0.2, 0.25) is 0 Å². The van der Waals surface area contributed by atoms with Crippen molar-refractivity contribution >= 4 is 17.6 Å². The summed E-state index contributed by atoms with van der Waals surface area (Å²) in [6, 6.07) is 11.7. The highest BCUT2D eigenvalue weighted by Crippen LogP contribution is 2.28. The molecule has 0 aliphatic heterocycles. The zero-order valence-electron chi connectivity index (χ0n) is 15.3. The van der Waals surface area contributed by atoms with Crippen LogP contribution in [0, 0.1) is 0 Å². The molecule has 4 rings (SSSR count). The van der Waals surface area contributed by atoms with Gasteiger partial charge in [-0.3, -0.25) is 9.88 Å². The van der Waals surface area contributed by atoms with Crippen LogP contribution in [-0.2, 0) is 13.1 Å². The first-order valence-corrected chi connectivity index (χ1v) is 9.66. The number of benzene rings is 1. The Hall–Kier alpha value is -2.70. The number of aromatic nitrogens is 3. The highest BCUT2D eigenvalue weighted by atomic mass is 35.5. The van der Waals surface area contributed by atoms with Crippen molar-refractivity contribution in [3.63, 3.8) is 0 Å². The summed E-state index contributed by atoms with van der Waals surface area (Å²) < 4.78 is 2.03. The molecule has 0 saturated heterocycles. The molecule has 0 unspecified atom stereocenters. The highest BCUT2D eigenvalue weighted by molar-refractivity contribution is 6.30. The van der Waals surface area contributed by atoms with Gasteiger partial charge in [-0.1, -0.05) is 23.7 Å². The Morgan fingerprint density at radius 2 is 1.96 bits per heavy atom. The van der Waals surface area contributed by atoms with Gasteiger partial charge in [-0.05, 0) is 42.7 Å². The fourth-order valence-corrected chi connectivity index (χ4v) is 3.34. The minimum Gasteiger partial charge on any atom is -0.478 e. The van der Waals surface area contributed by atoms with E-state index in [1.807, 2.05) is 22.9 Å². The molecule has 0 atom stereocenters. The van der Waals surface area contributed by atoms with Crippen LogP contribution in [0.3, 0.4) is 0 Å². The summed E-state index contributed by atoms with van der Waals surface area (Å²) in [6.07, 6.45) is 7.68. The quantitative estimate of drug-likeness (QED) is 0.624. The molecular weight excluding hydrogens is 376 g/mol. The molecule has 1 aliphatic rings. The number of aromatic carboxylic acids is 1. The van der Waals surface area contributed by atoms with Crippen molar-refractivity contribution in [1.82, 2.24) is 19.4 Å². The van der Waals surface area contributed by atoms with Crippen LogP contribution in [0.25, 0.3) is 11.4 Å². The number of nitrogens with zero attached hydrogens (tertiary/aromatic N) is 4. The van der Waals surface area contributed by atoms with Crippen molar-refractivity contribution in [2.24, 2.45) is 0 Å². The first kappa shape index (κ1) is 18.7. The molecule has 0 spiro atoms. The molecular formula is C21H21ClN4O2. The van der Waals surface area contributed by atoms with Crippen LogP contribution in [0.5, 0.6) is 0 Å². The van der Waals surface area contributed by atoms with Crippen LogP contribution in [-0.4, -0.2) is 43.1 Å². The molecule has 1 saturated carbocycles. The van der Waals surface area contributed by atoms with Crippen molar-refractivity contribution in [2.75, 3.05) is 6.54 Å². The Morgan fingerprint density at radius 3 is 2.68 bits per heavy atom. The van der Waals surface area contributed by atoms with E-state index in [4.69, 9.17) is 16.7 Å². The van der Waals surface area contributed by atoms with Crippen molar-refractivity contribution in [3.05, 3.63) is 71.3 Å². The molecule has 7 heteroatoms. The van der Waals surface area contributed by atoms with E-state index in [1.165, 1.54) is 30.7 Å². The molecule has 6 nitrogen and oxygen atoms in total. The van der Waals surface area contributed by atoms with Gasteiger partial charge in [-0.2, -0.15) is 0 Å². The Morgan fingerprint density at radius 1 is 1.18 bits per heavy atom. The summed E-state index contributed by atoms with van der Waals surface area (Å²) in [5, 5.41) is 9.89. The predicted octanol–water partition coefficient (Wildman–Crippen LogP) is 3.96. The predicted molar refractivity (Wildman–Crippen MR) is 107 cm³/mol. The summed E-state index contributed by atoms with van der Waals surface area (Å²) in [6.45, 7) is 2.65. The molecule has 3 aromatic rings. The standard InChI is InChI=1S/C21H21ClN4O2/c22-17-3-1-15(2-4-17)12-26(18-5-6-18)10-9-25-13-20(24-14-25)19-11-16(21(27)28)7-8-23-19/h1-4,7-8,11,13-14,18H,5-6,9-10,12H2,(H,27,28). The summed E-state index contributed by atoms with van der Waals surface area (Å²) >= 11 is 5.98. The van der Waals surface area contributed by atoms with Crippen molar-refractivity contribution in [2.45, 2.75) is 32.0 Å². The molecule has 1 N–H and O–H groups in total. The molecule has 28 heavy (non-hydrogen) atoms. The third kappa shape index (κ3) is 4.58. The molecule has 2 heterocycles. The van der Waals surface area contributed by atoms with Crippen LogP contribution in [0.2, 0.25) is 5.02 Å². The molecule has 1 aliphatic carbocycles. The molecule has 0 radical (unpaired) electrons. The number of hydrogen-bond acceptors (Lipinski definition) is 4. The van der Waals surface area contributed by atoms with Gasteiger partial charge >= 0.3 is 5.97 Å². The van der Waals surface area contributed by atoms with E-state index in [1.54, 1.807) is 12.4 Å². The van der Waals surface area contributed by atoms with Gasteiger partial charge < -0.3 is 9.67 Å². The van der Waals surface area contributed by atoms with E-state index in [2.05, 4.69) is 27.0 Å². The fraction of sp³-hybridized carbons (Fsp3) is 0.286. The summed E-state index contributed by atoms with van der Waals surface area (Å²) in [4.78, 5) is 22.3. The lowest BCUT2D eigenvalue weighted by Crippen LogP contribution is -2.29. The van der Waals surface area contributed by atoms with Crippen molar-refractivity contribution < 1.29 is 9.90 Å². The number of imidazole rings is 1. The Balaban J connectivity index is 1.41. The van der Waals surface area contributed by atoms with Gasteiger partial charge in [0.15, 0.2) is 0 Å². The van der Waals surface area contributed by atoms with Crippen LogP contribution in [0.15, 0.2) is 55.1 Å². The van der Waals surface area contributed by atoms with E-state index in [0.717, 1.165) is 24.7 Å². The van der Waals surface area contributed by atoms with E-state index in [0.29, 0.717) is 17.4 Å². The Kier molecular flexibility index (Phi) is 5.41. The first-order chi connectivity index (χ1) is 13.6. The van der Waals surface area contributed by atoms with Gasteiger partial charge in [0.25, 0.3) is 0 Å². The number of hydrogen-bond donors (Lipinski definition) is 1. The Labute approximate surface area is 168 Å². The van der Waals surface area contributed by atoms with E-state index in [-0.39, 0.29) is 5.56 Å². The zero-order chi connectivity index (χ0) is 19.5. The second-order valence-electron chi connectivity index (χ2n) is 7.06. The van der Waals surface area contributed by atoms with Crippen LogP contribution in [0.4, 0.5) is 0 Å². The lowest BCUT2D eigenvalue weighted by Gasteiger charge is -2.22. The average molecular weight is 397 g/mol. The Bertz CT molecular complexity index is 967. The zero-order valence-corrected chi connectivity index (χ0v) is 16.1. The van der Waals surface area contributed by atoms with Crippen LogP contribution < -0.4 is 0 Å². The number of halogens is 1. The van der Waals surface area contributed by atoms with Crippen LogP contribution in [0.1, 0.15) is 28.8 Å². The highest BCUT2D eigenvalue weighted by Gasteiger charge is 2.28. The molecule has 2 aromatic heterocycles. The van der Waals surface area contributed by atoms with Crippen molar-refractivity contribution in [3.8, 4) is 11.4 Å². The number of carboxylic acid groups (broad SMARTS) is 1. The smallest absolute Gasteiger partial charge is 0.335 e. The molecule has 1 aromatic carbocycles. The number of carboxylic acids is 1. The van der Waals surface area contributed by atoms with Gasteiger partial charge in [-0.15, -0.1) is 0 Å². The first-order valence-electron chi connectivity index (χ1n) is 9.28. The number of pyridine rings is 1. The third-order valence-electron chi connectivity index (χ3n) is 4.91. The summed E-state index contributed by atoms with van der Waals surface area (Å²) in [5.41, 5.74) is 2.72. The molecule has 0 bridgehead atoms. The van der Waals surface area contributed by atoms with Crippen molar-refractivity contribution in [1.29, 1.82) is 0 Å². The monoisotopic (exact) mass is 396 g/mol. The third-order valence-corrected chi connectivity index (χ3v) is 5.16. The summed E-state index contributed by atoms with van der Waals surface area (Å²) in [7, 11) is 0. The van der Waals surface area contributed by atoms with E-state index in [9.17, 15) is 4.79 Å². The minimum atomic E-state index is -0.967. The summed E-state index contributed by atoms with van der Waals surface area (Å²) in [5.74, 6) is -0.967.